The Kier molecular flexibility index (Phi) is 5.91. The van der Waals surface area contributed by atoms with Crippen LogP contribution in [0.5, 0.6) is 0 Å². The van der Waals surface area contributed by atoms with E-state index in [2.05, 4.69) is 52.8 Å². The quantitative estimate of drug-likeness (QED) is 0.400. The SMILES string of the molecule is CCCC/C=C(C)/C=C/C1=C(C)CCCC1(C)C. The molecule has 0 radical (unpaired) electrons. The summed E-state index contributed by atoms with van der Waals surface area (Å²) in [6.45, 7) is 11.5. The molecule has 0 aromatic heterocycles. The van der Waals surface area contributed by atoms with Crippen LogP contribution in [0.3, 0.4) is 0 Å². The average Bonchev–Trinajstić information content (AvgIpc) is 2.28. The molecule has 1 rings (SSSR count). The molecule has 18 heavy (non-hydrogen) atoms. The van der Waals surface area contributed by atoms with Crippen LogP contribution in [0.2, 0.25) is 0 Å². The molecular weight excluding hydrogens is 216 g/mol. The molecule has 102 valence electrons. The number of rotatable bonds is 5. The number of allylic oxidation sites excluding steroid dienone is 6. The fourth-order valence-electron chi connectivity index (χ4n) is 2.83. The summed E-state index contributed by atoms with van der Waals surface area (Å²) in [6, 6.07) is 0. The monoisotopic (exact) mass is 246 g/mol. The van der Waals surface area contributed by atoms with Crippen LogP contribution in [0.15, 0.2) is 34.9 Å². The summed E-state index contributed by atoms with van der Waals surface area (Å²) in [4.78, 5) is 0. The van der Waals surface area contributed by atoms with Gasteiger partial charge in [0.1, 0.15) is 0 Å². The van der Waals surface area contributed by atoms with Crippen LogP contribution in [0.4, 0.5) is 0 Å². The van der Waals surface area contributed by atoms with E-state index in [-0.39, 0.29) is 0 Å². The molecule has 0 saturated carbocycles. The first-order valence-electron chi connectivity index (χ1n) is 7.52. The Hall–Kier alpha value is -0.780. The number of hydrogen-bond acceptors (Lipinski definition) is 0. The molecule has 0 fully saturated rings. The summed E-state index contributed by atoms with van der Waals surface area (Å²) in [5.41, 5.74) is 4.92. The summed E-state index contributed by atoms with van der Waals surface area (Å²) >= 11 is 0. The second-order valence-electron chi connectivity index (χ2n) is 6.36. The molecule has 0 heterocycles. The van der Waals surface area contributed by atoms with Crippen LogP contribution in [0.25, 0.3) is 0 Å². The molecule has 0 N–H and O–H groups in total. The molecule has 0 unspecified atom stereocenters. The molecular formula is C18H30. The van der Waals surface area contributed by atoms with Crippen LogP contribution >= 0.6 is 0 Å². The Morgan fingerprint density at radius 3 is 2.67 bits per heavy atom. The van der Waals surface area contributed by atoms with E-state index in [0.717, 1.165) is 0 Å². The lowest BCUT2D eigenvalue weighted by molar-refractivity contribution is 0.377. The van der Waals surface area contributed by atoms with Crippen molar-refractivity contribution in [3.63, 3.8) is 0 Å². The summed E-state index contributed by atoms with van der Waals surface area (Å²) in [6.07, 6.45) is 14.8. The summed E-state index contributed by atoms with van der Waals surface area (Å²) < 4.78 is 0. The normalized spacial score (nSPS) is 20.8. The third kappa shape index (κ3) is 4.48. The van der Waals surface area contributed by atoms with Gasteiger partial charge in [0.15, 0.2) is 0 Å². The van der Waals surface area contributed by atoms with Crippen molar-refractivity contribution in [3.05, 3.63) is 34.9 Å². The number of hydrogen-bond donors (Lipinski definition) is 0. The lowest BCUT2D eigenvalue weighted by atomic mass is 9.72. The minimum Gasteiger partial charge on any atom is -0.0816 e. The van der Waals surface area contributed by atoms with E-state index in [1.165, 1.54) is 44.1 Å². The zero-order valence-corrected chi connectivity index (χ0v) is 13.0. The van der Waals surface area contributed by atoms with Gasteiger partial charge in [-0.3, -0.25) is 0 Å². The highest BCUT2D eigenvalue weighted by Crippen LogP contribution is 2.40. The average molecular weight is 246 g/mol. The second-order valence-corrected chi connectivity index (χ2v) is 6.36. The van der Waals surface area contributed by atoms with Crippen LogP contribution in [0.1, 0.15) is 73.1 Å². The highest BCUT2D eigenvalue weighted by Gasteiger charge is 2.26. The van der Waals surface area contributed by atoms with Crippen molar-refractivity contribution in [2.75, 3.05) is 0 Å². The van der Waals surface area contributed by atoms with Gasteiger partial charge in [0, 0.05) is 0 Å². The Morgan fingerprint density at radius 2 is 2.06 bits per heavy atom. The standard InChI is InChI=1S/C18H30/c1-6-7-8-10-15(2)12-13-17-16(3)11-9-14-18(17,4)5/h10,12-13H,6-9,11,14H2,1-5H3/b13-12+,15-10+. The molecule has 0 aromatic carbocycles. The van der Waals surface area contributed by atoms with Gasteiger partial charge in [0.05, 0.1) is 0 Å². The van der Waals surface area contributed by atoms with E-state index < -0.39 is 0 Å². The Balaban J connectivity index is 2.73. The van der Waals surface area contributed by atoms with Crippen molar-refractivity contribution in [1.29, 1.82) is 0 Å². The first-order valence-corrected chi connectivity index (χ1v) is 7.52. The molecule has 1 aliphatic carbocycles. The summed E-state index contributed by atoms with van der Waals surface area (Å²) in [5.74, 6) is 0. The second kappa shape index (κ2) is 6.97. The third-order valence-corrected chi connectivity index (χ3v) is 4.08. The van der Waals surface area contributed by atoms with E-state index in [4.69, 9.17) is 0 Å². The summed E-state index contributed by atoms with van der Waals surface area (Å²) in [5, 5.41) is 0. The fourth-order valence-corrected chi connectivity index (χ4v) is 2.83. The van der Waals surface area contributed by atoms with Gasteiger partial charge >= 0.3 is 0 Å². The zero-order chi connectivity index (χ0) is 13.6. The van der Waals surface area contributed by atoms with Crippen molar-refractivity contribution in [1.82, 2.24) is 0 Å². The van der Waals surface area contributed by atoms with E-state index in [1.54, 1.807) is 11.1 Å². The van der Waals surface area contributed by atoms with E-state index in [9.17, 15) is 0 Å². The maximum absolute atomic E-state index is 2.38. The summed E-state index contributed by atoms with van der Waals surface area (Å²) in [7, 11) is 0. The van der Waals surface area contributed by atoms with Crippen molar-refractivity contribution in [2.45, 2.75) is 73.1 Å². The molecule has 0 spiro atoms. The molecule has 0 nitrogen and oxygen atoms in total. The molecule has 0 aromatic rings. The van der Waals surface area contributed by atoms with Crippen molar-refractivity contribution < 1.29 is 0 Å². The smallest absolute Gasteiger partial charge is 0.0104 e. The molecule has 0 amide bonds. The molecule has 0 saturated heterocycles. The third-order valence-electron chi connectivity index (χ3n) is 4.08. The lowest BCUT2D eigenvalue weighted by Gasteiger charge is -2.32. The fraction of sp³-hybridized carbons (Fsp3) is 0.667. The van der Waals surface area contributed by atoms with Crippen molar-refractivity contribution >= 4 is 0 Å². The minimum atomic E-state index is 0.364. The maximum Gasteiger partial charge on any atom is -0.0104 e. The Bertz CT molecular complexity index is 350. The molecule has 0 bridgehead atoms. The molecule has 0 atom stereocenters. The predicted octanol–water partition coefficient (Wildman–Crippen LogP) is 6.21. The minimum absolute atomic E-state index is 0.364. The van der Waals surface area contributed by atoms with Crippen molar-refractivity contribution in [3.8, 4) is 0 Å². The van der Waals surface area contributed by atoms with E-state index >= 15 is 0 Å². The van der Waals surface area contributed by atoms with Crippen LogP contribution in [-0.4, -0.2) is 0 Å². The molecule has 1 aliphatic rings. The van der Waals surface area contributed by atoms with Gasteiger partial charge in [-0.2, -0.15) is 0 Å². The topological polar surface area (TPSA) is 0 Å². The molecule has 0 aliphatic heterocycles. The predicted molar refractivity (Wildman–Crippen MR) is 82.8 cm³/mol. The van der Waals surface area contributed by atoms with Crippen molar-refractivity contribution in [2.24, 2.45) is 5.41 Å². The van der Waals surface area contributed by atoms with Gasteiger partial charge in [0.25, 0.3) is 0 Å². The zero-order valence-electron chi connectivity index (χ0n) is 13.0. The first kappa shape index (κ1) is 15.3. The lowest BCUT2D eigenvalue weighted by Crippen LogP contribution is -2.19. The first-order chi connectivity index (χ1) is 8.47. The van der Waals surface area contributed by atoms with Gasteiger partial charge in [0.2, 0.25) is 0 Å². The van der Waals surface area contributed by atoms with Crippen LogP contribution in [0, 0.1) is 5.41 Å². The Labute approximate surface area is 114 Å². The largest absolute Gasteiger partial charge is 0.0816 e. The van der Waals surface area contributed by atoms with E-state index in [0.29, 0.717) is 5.41 Å². The van der Waals surface area contributed by atoms with Gasteiger partial charge < -0.3 is 0 Å². The maximum atomic E-state index is 2.38. The van der Waals surface area contributed by atoms with Gasteiger partial charge in [-0.1, -0.05) is 63.0 Å². The van der Waals surface area contributed by atoms with Crippen LogP contribution in [-0.2, 0) is 0 Å². The van der Waals surface area contributed by atoms with Gasteiger partial charge in [-0.25, -0.2) is 0 Å². The highest BCUT2D eigenvalue weighted by molar-refractivity contribution is 5.35. The van der Waals surface area contributed by atoms with E-state index in [1.807, 2.05) is 0 Å². The van der Waals surface area contributed by atoms with Gasteiger partial charge in [-0.15, -0.1) is 0 Å². The van der Waals surface area contributed by atoms with Gasteiger partial charge in [-0.05, 0) is 50.5 Å². The number of unbranched alkanes of at least 4 members (excludes halogenated alkanes) is 2. The molecule has 0 heteroatoms. The Morgan fingerprint density at radius 1 is 1.33 bits per heavy atom. The highest BCUT2D eigenvalue weighted by atomic mass is 14.3. The van der Waals surface area contributed by atoms with Crippen LogP contribution < -0.4 is 0 Å².